The molecule has 2 aromatic rings. The molecule has 1 aromatic carbocycles. The lowest BCUT2D eigenvalue weighted by Crippen LogP contribution is -2.28. The molecule has 0 aliphatic heterocycles. The first-order chi connectivity index (χ1) is 9.75. The van der Waals surface area contributed by atoms with Gasteiger partial charge in [-0.2, -0.15) is 0 Å². The summed E-state index contributed by atoms with van der Waals surface area (Å²) in [5.74, 6) is -0.318. The van der Waals surface area contributed by atoms with E-state index >= 15 is 0 Å². The van der Waals surface area contributed by atoms with Crippen LogP contribution >= 0.6 is 0 Å². The van der Waals surface area contributed by atoms with E-state index in [9.17, 15) is 4.79 Å². The highest BCUT2D eigenvalue weighted by Gasteiger charge is 2.11. The van der Waals surface area contributed by atoms with E-state index in [-0.39, 0.29) is 12.1 Å². The van der Waals surface area contributed by atoms with Crippen molar-refractivity contribution in [1.82, 2.24) is 10.3 Å². The first-order valence-electron chi connectivity index (χ1n) is 6.61. The maximum atomic E-state index is 11.8. The maximum Gasteiger partial charge on any atom is 0.338 e. The van der Waals surface area contributed by atoms with E-state index in [1.165, 1.54) is 5.56 Å². The molecule has 1 aromatic heterocycles. The molecule has 0 aliphatic carbocycles. The fraction of sp³-hybridized carbons (Fsp3) is 0.250. The number of hydrogen-bond acceptors (Lipinski definition) is 4. The highest BCUT2D eigenvalue weighted by atomic mass is 16.5. The number of rotatable bonds is 6. The van der Waals surface area contributed by atoms with Crippen molar-refractivity contribution in [1.29, 1.82) is 0 Å². The summed E-state index contributed by atoms with van der Waals surface area (Å²) in [6, 6.07) is 13.4. The summed E-state index contributed by atoms with van der Waals surface area (Å²) in [5.41, 5.74) is 1.73. The lowest BCUT2D eigenvalue weighted by molar-refractivity contribution is 0.0342. The number of ether oxygens (including phenoxy) is 1. The highest BCUT2D eigenvalue weighted by molar-refractivity contribution is 5.89. The van der Waals surface area contributed by atoms with Crippen molar-refractivity contribution in [3.8, 4) is 0 Å². The molecule has 20 heavy (non-hydrogen) atoms. The Morgan fingerprint density at radius 2 is 1.90 bits per heavy atom. The van der Waals surface area contributed by atoms with Gasteiger partial charge in [0.15, 0.2) is 0 Å². The summed E-state index contributed by atoms with van der Waals surface area (Å²) in [5, 5.41) is 3.27. The predicted molar refractivity (Wildman–Crippen MR) is 77.3 cm³/mol. The van der Waals surface area contributed by atoms with Gasteiger partial charge in [0.1, 0.15) is 6.10 Å². The number of aromatic nitrogens is 1. The first-order valence-corrected chi connectivity index (χ1v) is 6.61. The molecule has 1 atom stereocenters. The van der Waals surface area contributed by atoms with Crippen molar-refractivity contribution < 1.29 is 9.53 Å². The zero-order valence-corrected chi connectivity index (χ0v) is 11.5. The summed E-state index contributed by atoms with van der Waals surface area (Å²) < 4.78 is 5.35. The maximum absolute atomic E-state index is 11.8. The third-order valence-electron chi connectivity index (χ3n) is 2.83. The van der Waals surface area contributed by atoms with Crippen LogP contribution in [0.1, 0.15) is 22.8 Å². The molecule has 0 bridgehead atoms. The molecule has 1 N–H and O–H groups in total. The molecule has 0 saturated carbocycles. The largest absolute Gasteiger partial charge is 0.458 e. The van der Waals surface area contributed by atoms with Gasteiger partial charge in [-0.15, -0.1) is 0 Å². The number of pyridine rings is 1. The molecular weight excluding hydrogens is 252 g/mol. The summed E-state index contributed by atoms with van der Waals surface area (Å²) in [6.45, 7) is 3.25. The van der Waals surface area contributed by atoms with E-state index in [0.29, 0.717) is 12.1 Å². The smallest absolute Gasteiger partial charge is 0.338 e. The molecule has 104 valence electrons. The van der Waals surface area contributed by atoms with Gasteiger partial charge in [0.2, 0.25) is 0 Å². The fourth-order valence-corrected chi connectivity index (χ4v) is 1.80. The van der Waals surface area contributed by atoms with Crippen molar-refractivity contribution >= 4 is 5.97 Å². The van der Waals surface area contributed by atoms with Gasteiger partial charge in [-0.25, -0.2) is 4.79 Å². The number of carbonyl (C=O) groups excluding carboxylic acids is 1. The molecule has 0 amide bonds. The van der Waals surface area contributed by atoms with Crippen LogP contribution in [0, 0.1) is 0 Å². The van der Waals surface area contributed by atoms with Crippen molar-refractivity contribution in [2.45, 2.75) is 19.6 Å². The minimum Gasteiger partial charge on any atom is -0.458 e. The van der Waals surface area contributed by atoms with Gasteiger partial charge in [0.25, 0.3) is 0 Å². The Bertz CT molecular complexity index is 529. The van der Waals surface area contributed by atoms with E-state index in [0.717, 1.165) is 6.54 Å². The Kier molecular flexibility index (Phi) is 5.26. The molecule has 0 spiro atoms. The summed E-state index contributed by atoms with van der Waals surface area (Å²) in [6.07, 6.45) is 2.98. The average Bonchev–Trinajstić information content (AvgIpc) is 2.49. The van der Waals surface area contributed by atoms with E-state index in [2.05, 4.69) is 22.4 Å². The Hall–Kier alpha value is -2.20. The molecule has 0 fully saturated rings. The molecule has 0 radical (unpaired) electrons. The van der Waals surface area contributed by atoms with E-state index in [4.69, 9.17) is 4.74 Å². The van der Waals surface area contributed by atoms with Crippen LogP contribution in [0.15, 0.2) is 54.9 Å². The molecule has 4 nitrogen and oxygen atoms in total. The predicted octanol–water partition coefficient (Wildman–Crippen LogP) is 2.42. The molecule has 1 unspecified atom stereocenters. The van der Waals surface area contributed by atoms with Crippen LogP contribution in [0.2, 0.25) is 0 Å². The van der Waals surface area contributed by atoms with Crippen LogP contribution in [0.5, 0.6) is 0 Å². The third-order valence-corrected chi connectivity index (χ3v) is 2.83. The first kappa shape index (κ1) is 14.2. The van der Waals surface area contributed by atoms with E-state index in [1.54, 1.807) is 24.5 Å². The standard InChI is InChI=1S/C16H18N2O2/c1-13(11-18-12-14-5-3-2-4-6-14)20-16(19)15-7-9-17-10-8-15/h2-10,13,18H,11-12H2,1H3. The molecule has 0 saturated heterocycles. The second-order valence-electron chi connectivity index (χ2n) is 4.57. The molecule has 0 aliphatic rings. The number of nitrogens with one attached hydrogen (secondary N) is 1. The summed E-state index contributed by atoms with van der Waals surface area (Å²) in [7, 11) is 0. The monoisotopic (exact) mass is 270 g/mol. The fourth-order valence-electron chi connectivity index (χ4n) is 1.80. The second-order valence-corrected chi connectivity index (χ2v) is 4.57. The highest BCUT2D eigenvalue weighted by Crippen LogP contribution is 2.03. The van der Waals surface area contributed by atoms with E-state index < -0.39 is 0 Å². The average molecular weight is 270 g/mol. The molecular formula is C16H18N2O2. The zero-order valence-electron chi connectivity index (χ0n) is 11.5. The third kappa shape index (κ3) is 4.48. The van der Waals surface area contributed by atoms with Crippen molar-refractivity contribution in [3.63, 3.8) is 0 Å². The van der Waals surface area contributed by atoms with Crippen molar-refractivity contribution in [2.75, 3.05) is 6.54 Å². The van der Waals surface area contributed by atoms with Gasteiger partial charge < -0.3 is 10.1 Å². The van der Waals surface area contributed by atoms with Crippen LogP contribution in [0.3, 0.4) is 0 Å². The Labute approximate surface area is 118 Å². The minimum absolute atomic E-state index is 0.181. The number of hydrogen-bond donors (Lipinski definition) is 1. The topological polar surface area (TPSA) is 51.2 Å². The van der Waals surface area contributed by atoms with Crippen LogP contribution in [-0.2, 0) is 11.3 Å². The Morgan fingerprint density at radius 1 is 1.20 bits per heavy atom. The quantitative estimate of drug-likeness (QED) is 0.819. The molecule has 1 heterocycles. The number of nitrogens with zero attached hydrogens (tertiary/aromatic N) is 1. The minimum atomic E-state index is -0.318. The number of benzene rings is 1. The number of carbonyl (C=O) groups is 1. The van der Waals surface area contributed by atoms with Gasteiger partial charge in [-0.3, -0.25) is 4.98 Å². The lowest BCUT2D eigenvalue weighted by Gasteiger charge is -2.14. The Balaban J connectivity index is 1.73. The summed E-state index contributed by atoms with van der Waals surface area (Å²) >= 11 is 0. The zero-order chi connectivity index (χ0) is 14.2. The normalized spacial score (nSPS) is 11.8. The lowest BCUT2D eigenvalue weighted by atomic mass is 10.2. The van der Waals surface area contributed by atoms with Gasteiger partial charge in [0.05, 0.1) is 5.56 Å². The Morgan fingerprint density at radius 3 is 2.60 bits per heavy atom. The van der Waals surface area contributed by atoms with Crippen molar-refractivity contribution in [2.24, 2.45) is 0 Å². The van der Waals surface area contributed by atoms with Crippen LogP contribution in [0.25, 0.3) is 0 Å². The van der Waals surface area contributed by atoms with Gasteiger partial charge in [0, 0.05) is 25.5 Å². The van der Waals surface area contributed by atoms with Crippen molar-refractivity contribution in [3.05, 3.63) is 66.0 Å². The molecule has 4 heteroatoms. The van der Waals surface area contributed by atoms with Crippen LogP contribution in [-0.4, -0.2) is 23.6 Å². The molecule has 2 rings (SSSR count). The van der Waals surface area contributed by atoms with Gasteiger partial charge in [-0.05, 0) is 24.6 Å². The van der Waals surface area contributed by atoms with E-state index in [1.807, 2.05) is 25.1 Å². The SMILES string of the molecule is CC(CNCc1ccccc1)OC(=O)c1ccncc1. The van der Waals surface area contributed by atoms with Gasteiger partial charge >= 0.3 is 5.97 Å². The van der Waals surface area contributed by atoms with Crippen LogP contribution < -0.4 is 5.32 Å². The van der Waals surface area contributed by atoms with Crippen LogP contribution in [0.4, 0.5) is 0 Å². The summed E-state index contributed by atoms with van der Waals surface area (Å²) in [4.78, 5) is 15.7. The number of esters is 1. The second kappa shape index (κ2) is 7.40. The van der Waals surface area contributed by atoms with Gasteiger partial charge in [-0.1, -0.05) is 30.3 Å².